The highest BCUT2D eigenvalue weighted by atomic mass is 16.5. The zero-order valence-corrected chi connectivity index (χ0v) is 13.1. The Morgan fingerprint density at radius 3 is 1.41 bits per heavy atom. The maximum atomic E-state index is 11.5. The lowest BCUT2D eigenvalue weighted by Crippen LogP contribution is -2.28. The fraction of sp³-hybridized carbons (Fsp3) is 0.714. The predicted octanol–water partition coefficient (Wildman–Crippen LogP) is 1.62. The van der Waals surface area contributed by atoms with Gasteiger partial charge in [-0.2, -0.15) is 20.8 Å². The highest BCUT2D eigenvalue weighted by molar-refractivity contribution is 5.76. The first-order valence-corrected chi connectivity index (χ1v) is 6.85. The lowest BCUT2D eigenvalue weighted by Gasteiger charge is -2.16. The average molecular weight is 308 g/mol. The normalized spacial score (nSPS) is 15.9. The van der Waals surface area contributed by atoms with Gasteiger partial charge in [0.25, 0.3) is 0 Å². The highest BCUT2D eigenvalue weighted by Crippen LogP contribution is 2.18. The Kier molecular flexibility index (Phi) is 9.12. The van der Waals surface area contributed by atoms with E-state index in [0.717, 1.165) is 0 Å². The van der Waals surface area contributed by atoms with Crippen LogP contribution in [0.2, 0.25) is 0 Å². The fourth-order valence-corrected chi connectivity index (χ4v) is 1.78. The lowest BCUT2D eigenvalue weighted by atomic mass is 9.99. The molecule has 8 heteroatoms. The van der Waals surface area contributed by atoms with Crippen molar-refractivity contribution in [3.63, 3.8) is 0 Å². The second kappa shape index (κ2) is 10.3. The Balaban J connectivity index is 5.23. The number of nitrogens with zero attached hydrogens (tertiary/aromatic N) is 4. The van der Waals surface area contributed by atoms with Crippen LogP contribution < -0.4 is 0 Å². The number of esters is 2. The van der Waals surface area contributed by atoms with Crippen LogP contribution in [0, 0.1) is 34.5 Å². The smallest absolute Gasteiger partial charge is 0.325 e. The second-order valence-electron chi connectivity index (χ2n) is 4.44. The standard InChI is InChI=1S/C14H20N4O4/c1-5-11(9(7-15)13(19)21-3)17-18-12(6-2)10(8-16)14(20)22-4/h9-12H,5-6H2,1-4H3. The molecule has 0 aromatic rings. The van der Waals surface area contributed by atoms with Crippen LogP contribution in [0.4, 0.5) is 0 Å². The van der Waals surface area contributed by atoms with Crippen molar-refractivity contribution in [1.82, 2.24) is 0 Å². The van der Waals surface area contributed by atoms with E-state index >= 15 is 0 Å². The molecule has 0 aromatic carbocycles. The Labute approximate surface area is 129 Å². The zero-order chi connectivity index (χ0) is 17.1. The molecule has 0 fully saturated rings. The predicted molar refractivity (Wildman–Crippen MR) is 75.3 cm³/mol. The molecule has 0 aliphatic heterocycles. The van der Waals surface area contributed by atoms with E-state index in [0.29, 0.717) is 12.8 Å². The number of carbonyl (C=O) groups excluding carboxylic acids is 2. The quantitative estimate of drug-likeness (QED) is 0.495. The van der Waals surface area contributed by atoms with E-state index in [4.69, 9.17) is 10.5 Å². The van der Waals surface area contributed by atoms with Crippen molar-refractivity contribution in [1.29, 1.82) is 10.5 Å². The van der Waals surface area contributed by atoms with Gasteiger partial charge in [0, 0.05) is 0 Å². The maximum Gasteiger partial charge on any atom is 0.325 e. The van der Waals surface area contributed by atoms with Gasteiger partial charge < -0.3 is 9.47 Å². The van der Waals surface area contributed by atoms with E-state index in [1.54, 1.807) is 13.8 Å². The minimum atomic E-state index is -1.07. The molecule has 0 amide bonds. The molecule has 0 spiro atoms. The third-order valence-electron chi connectivity index (χ3n) is 3.16. The molecular formula is C14H20N4O4. The van der Waals surface area contributed by atoms with Crippen LogP contribution in [0.5, 0.6) is 0 Å². The average Bonchev–Trinajstić information content (AvgIpc) is 2.55. The second-order valence-corrected chi connectivity index (χ2v) is 4.44. The molecule has 120 valence electrons. The van der Waals surface area contributed by atoms with Crippen LogP contribution in [0.3, 0.4) is 0 Å². The van der Waals surface area contributed by atoms with Crippen LogP contribution in [-0.2, 0) is 19.1 Å². The molecule has 0 radical (unpaired) electrons. The zero-order valence-electron chi connectivity index (χ0n) is 13.1. The van der Waals surface area contributed by atoms with Crippen molar-refractivity contribution in [3.8, 4) is 12.1 Å². The van der Waals surface area contributed by atoms with E-state index in [-0.39, 0.29) is 0 Å². The molecule has 4 unspecified atom stereocenters. The molecule has 0 bridgehead atoms. The van der Waals surface area contributed by atoms with Crippen molar-refractivity contribution < 1.29 is 19.1 Å². The molecule has 4 atom stereocenters. The highest BCUT2D eigenvalue weighted by Gasteiger charge is 2.31. The SMILES string of the molecule is CCC(N=NC(CC)C(C#N)C(=O)OC)C(C#N)C(=O)OC. The molecule has 0 N–H and O–H groups in total. The van der Waals surface area contributed by atoms with Crippen molar-refractivity contribution in [3.05, 3.63) is 0 Å². The van der Waals surface area contributed by atoms with E-state index in [2.05, 4.69) is 19.7 Å². The molecule has 0 saturated carbocycles. The summed E-state index contributed by atoms with van der Waals surface area (Å²) in [4.78, 5) is 23.1. The van der Waals surface area contributed by atoms with Crippen LogP contribution in [-0.4, -0.2) is 38.2 Å². The maximum absolute atomic E-state index is 11.5. The molecule has 0 aliphatic carbocycles. The van der Waals surface area contributed by atoms with Gasteiger partial charge in [0.2, 0.25) is 0 Å². The molecule has 0 aromatic heterocycles. The number of hydrogen-bond acceptors (Lipinski definition) is 8. The Morgan fingerprint density at radius 2 is 1.23 bits per heavy atom. The number of hydrogen-bond donors (Lipinski definition) is 0. The summed E-state index contributed by atoms with van der Waals surface area (Å²) in [5.41, 5.74) is 0. The van der Waals surface area contributed by atoms with Crippen molar-refractivity contribution in [2.24, 2.45) is 22.1 Å². The Hall–Kier alpha value is -2.48. The molecule has 0 heterocycles. The van der Waals surface area contributed by atoms with E-state index in [1.807, 2.05) is 12.1 Å². The van der Waals surface area contributed by atoms with E-state index < -0.39 is 35.9 Å². The van der Waals surface area contributed by atoms with Crippen molar-refractivity contribution in [2.75, 3.05) is 14.2 Å². The first-order valence-electron chi connectivity index (χ1n) is 6.85. The van der Waals surface area contributed by atoms with Gasteiger partial charge >= 0.3 is 11.9 Å². The van der Waals surface area contributed by atoms with Crippen LogP contribution in [0.25, 0.3) is 0 Å². The number of methoxy groups -OCH3 is 2. The van der Waals surface area contributed by atoms with Gasteiger partial charge in [-0.15, -0.1) is 0 Å². The molecule has 0 aliphatic rings. The van der Waals surface area contributed by atoms with E-state index in [9.17, 15) is 9.59 Å². The van der Waals surface area contributed by atoms with E-state index in [1.165, 1.54) is 14.2 Å². The van der Waals surface area contributed by atoms with Crippen LogP contribution >= 0.6 is 0 Å². The van der Waals surface area contributed by atoms with Crippen LogP contribution in [0.15, 0.2) is 10.2 Å². The summed E-state index contributed by atoms with van der Waals surface area (Å²) >= 11 is 0. The minimum Gasteiger partial charge on any atom is -0.468 e. The van der Waals surface area contributed by atoms with Gasteiger partial charge in [-0.25, -0.2) is 0 Å². The number of carbonyl (C=O) groups is 2. The monoisotopic (exact) mass is 308 g/mol. The fourth-order valence-electron chi connectivity index (χ4n) is 1.78. The molecule has 0 saturated heterocycles. The third kappa shape index (κ3) is 5.13. The number of azo groups is 1. The molecule has 0 rings (SSSR count). The molecule has 8 nitrogen and oxygen atoms in total. The van der Waals surface area contributed by atoms with Gasteiger partial charge in [0.15, 0.2) is 11.8 Å². The number of ether oxygens (including phenoxy) is 2. The summed E-state index contributed by atoms with van der Waals surface area (Å²) in [7, 11) is 2.38. The van der Waals surface area contributed by atoms with Crippen molar-refractivity contribution >= 4 is 11.9 Å². The Morgan fingerprint density at radius 1 is 0.909 bits per heavy atom. The molecular weight excluding hydrogens is 288 g/mol. The summed E-state index contributed by atoms with van der Waals surface area (Å²) in [6, 6.07) is 2.29. The summed E-state index contributed by atoms with van der Waals surface area (Å²) in [6.45, 7) is 3.50. The van der Waals surface area contributed by atoms with Gasteiger partial charge in [0.1, 0.15) is 0 Å². The topological polar surface area (TPSA) is 125 Å². The number of rotatable bonds is 8. The summed E-state index contributed by atoms with van der Waals surface area (Å²) in [5.74, 6) is -3.53. The largest absolute Gasteiger partial charge is 0.468 e. The van der Waals surface area contributed by atoms with Gasteiger partial charge in [-0.3, -0.25) is 9.59 Å². The van der Waals surface area contributed by atoms with Gasteiger partial charge in [-0.1, -0.05) is 13.8 Å². The summed E-state index contributed by atoms with van der Waals surface area (Å²) in [5, 5.41) is 26.1. The summed E-state index contributed by atoms with van der Waals surface area (Å²) < 4.78 is 9.11. The van der Waals surface area contributed by atoms with Crippen molar-refractivity contribution in [2.45, 2.75) is 38.8 Å². The third-order valence-corrected chi connectivity index (χ3v) is 3.16. The minimum absolute atomic E-state index is 0.392. The number of nitriles is 2. The molecule has 22 heavy (non-hydrogen) atoms. The lowest BCUT2D eigenvalue weighted by molar-refractivity contribution is -0.145. The van der Waals surface area contributed by atoms with Gasteiger partial charge in [-0.05, 0) is 12.8 Å². The van der Waals surface area contributed by atoms with Gasteiger partial charge in [0.05, 0.1) is 38.4 Å². The first-order chi connectivity index (χ1) is 10.5. The van der Waals surface area contributed by atoms with Crippen LogP contribution in [0.1, 0.15) is 26.7 Å². The summed E-state index contributed by atoms with van der Waals surface area (Å²) in [6.07, 6.45) is 0.783. The Bertz CT molecular complexity index is 448. The first kappa shape index (κ1) is 19.5.